The predicted octanol–water partition coefficient (Wildman–Crippen LogP) is 4.28. The van der Waals surface area contributed by atoms with Crippen molar-refractivity contribution in [1.29, 1.82) is 0 Å². The second kappa shape index (κ2) is 6.92. The van der Waals surface area contributed by atoms with Gasteiger partial charge in [0.05, 0.1) is 22.8 Å². The number of halogens is 1. The molecule has 1 saturated heterocycles. The first-order valence-corrected chi connectivity index (χ1v) is 10.3. The van der Waals surface area contributed by atoms with Crippen molar-refractivity contribution in [3.8, 4) is 11.4 Å². The van der Waals surface area contributed by atoms with Crippen molar-refractivity contribution >= 4 is 17.5 Å². The van der Waals surface area contributed by atoms with Gasteiger partial charge in [-0.3, -0.25) is 4.79 Å². The fourth-order valence-electron chi connectivity index (χ4n) is 4.22. The van der Waals surface area contributed by atoms with Crippen LogP contribution >= 0.6 is 11.6 Å². The number of amides is 1. The number of hydrogen-bond acceptors (Lipinski definition) is 3. The van der Waals surface area contributed by atoms with Crippen LogP contribution in [0.25, 0.3) is 5.69 Å². The van der Waals surface area contributed by atoms with Crippen molar-refractivity contribution in [3.05, 3.63) is 76.1 Å². The Balaban J connectivity index is 1.48. The number of rotatable bonds is 3. The number of carbonyl (C=O) groups excluding carboxylic acids is 1. The highest BCUT2D eigenvalue weighted by atomic mass is 35.5. The fourth-order valence-corrected chi connectivity index (χ4v) is 4.49. The Bertz CT molecular complexity index is 1080. The van der Waals surface area contributed by atoms with Crippen LogP contribution in [0.4, 0.5) is 0 Å². The van der Waals surface area contributed by atoms with E-state index in [1.165, 1.54) is 0 Å². The molecule has 29 heavy (non-hydrogen) atoms. The molecular weight excluding hydrogens is 386 g/mol. The Morgan fingerprint density at radius 3 is 2.76 bits per heavy atom. The molecule has 0 radical (unpaired) electrons. The Morgan fingerprint density at radius 1 is 1.24 bits per heavy atom. The van der Waals surface area contributed by atoms with Crippen LogP contribution in [-0.4, -0.2) is 39.8 Å². The number of aromatic nitrogens is 2. The Hall–Kier alpha value is -2.79. The molecule has 2 aliphatic rings. The van der Waals surface area contributed by atoms with Crippen LogP contribution in [0, 0.1) is 12.8 Å². The average Bonchev–Trinajstić information content (AvgIpc) is 3.35. The van der Waals surface area contributed by atoms with Crippen LogP contribution in [0.3, 0.4) is 0 Å². The molecule has 2 bridgehead atoms. The zero-order chi connectivity index (χ0) is 20.1. The molecule has 3 aromatic rings. The standard InChI is InChI=1S/C23H22ClN3O2/c1-14-12-26-13-20(14)29-22-19(23(26)28)11-17(15(2)21(22)24)10-16-4-6-18(7-5-16)27-9-3-8-25-27/h3-9,11,14,20H,10,12-13H2,1-2H3/t14-,20+/m0/s1. The van der Waals surface area contributed by atoms with Crippen LogP contribution in [0.1, 0.15) is 34.0 Å². The summed E-state index contributed by atoms with van der Waals surface area (Å²) in [6.45, 7) is 5.48. The van der Waals surface area contributed by atoms with Crippen molar-refractivity contribution in [1.82, 2.24) is 14.7 Å². The Kier molecular flexibility index (Phi) is 4.36. The third-order valence-electron chi connectivity index (χ3n) is 6.00. The van der Waals surface area contributed by atoms with Gasteiger partial charge in [0.25, 0.3) is 5.91 Å². The molecule has 0 saturated carbocycles. The lowest BCUT2D eigenvalue weighted by molar-refractivity contribution is 0.0789. The summed E-state index contributed by atoms with van der Waals surface area (Å²) < 4.78 is 8.03. The largest absolute Gasteiger partial charge is 0.486 e. The summed E-state index contributed by atoms with van der Waals surface area (Å²) in [5.74, 6) is 0.881. The van der Waals surface area contributed by atoms with Gasteiger partial charge in [-0.15, -0.1) is 0 Å². The topological polar surface area (TPSA) is 47.4 Å². The molecule has 1 fully saturated rings. The van der Waals surface area contributed by atoms with Crippen LogP contribution in [-0.2, 0) is 6.42 Å². The number of benzene rings is 2. The lowest BCUT2D eigenvalue weighted by atomic mass is 9.96. The van der Waals surface area contributed by atoms with E-state index in [0.29, 0.717) is 35.2 Å². The number of ether oxygens (including phenoxy) is 1. The van der Waals surface area contributed by atoms with E-state index < -0.39 is 0 Å². The molecule has 2 aliphatic heterocycles. The molecule has 1 amide bonds. The van der Waals surface area contributed by atoms with Gasteiger partial charge in [0.2, 0.25) is 0 Å². The molecule has 3 heterocycles. The minimum Gasteiger partial charge on any atom is -0.486 e. The Morgan fingerprint density at radius 2 is 2.03 bits per heavy atom. The van der Waals surface area contributed by atoms with Crippen molar-refractivity contribution in [2.24, 2.45) is 5.92 Å². The maximum Gasteiger partial charge on any atom is 0.257 e. The van der Waals surface area contributed by atoms with Crippen LogP contribution in [0.15, 0.2) is 48.8 Å². The fraction of sp³-hybridized carbons (Fsp3) is 0.304. The number of nitrogens with zero attached hydrogens (tertiary/aromatic N) is 3. The third-order valence-corrected chi connectivity index (χ3v) is 6.46. The molecule has 1 aromatic heterocycles. The molecule has 0 spiro atoms. The van der Waals surface area contributed by atoms with Gasteiger partial charge in [-0.25, -0.2) is 4.68 Å². The van der Waals surface area contributed by atoms with Gasteiger partial charge in [-0.2, -0.15) is 5.10 Å². The smallest absolute Gasteiger partial charge is 0.257 e. The first kappa shape index (κ1) is 18.3. The molecule has 5 rings (SSSR count). The van der Waals surface area contributed by atoms with Gasteiger partial charge < -0.3 is 9.64 Å². The zero-order valence-electron chi connectivity index (χ0n) is 16.4. The van der Waals surface area contributed by atoms with Gasteiger partial charge in [0.1, 0.15) is 6.10 Å². The van der Waals surface area contributed by atoms with Crippen molar-refractivity contribution in [2.75, 3.05) is 13.1 Å². The summed E-state index contributed by atoms with van der Waals surface area (Å²) >= 11 is 6.69. The second-order valence-corrected chi connectivity index (χ2v) is 8.37. The number of carbonyl (C=O) groups is 1. The molecule has 0 N–H and O–H groups in total. The lowest BCUT2D eigenvalue weighted by Crippen LogP contribution is -2.28. The highest BCUT2D eigenvalue weighted by Crippen LogP contribution is 2.40. The minimum absolute atomic E-state index is 0.0118. The first-order chi connectivity index (χ1) is 14.0. The summed E-state index contributed by atoms with van der Waals surface area (Å²) in [6.07, 6.45) is 4.39. The molecule has 0 aliphatic carbocycles. The van der Waals surface area contributed by atoms with Crippen molar-refractivity contribution in [2.45, 2.75) is 26.4 Å². The maximum atomic E-state index is 13.1. The molecule has 2 aromatic carbocycles. The number of fused-ring (bicyclic) bond motifs is 3. The molecule has 148 valence electrons. The van der Waals surface area contributed by atoms with E-state index in [4.69, 9.17) is 16.3 Å². The monoisotopic (exact) mass is 407 g/mol. The summed E-state index contributed by atoms with van der Waals surface area (Å²) in [5, 5.41) is 4.81. The van der Waals surface area contributed by atoms with Crippen LogP contribution < -0.4 is 4.74 Å². The van der Waals surface area contributed by atoms with E-state index in [2.05, 4.69) is 24.2 Å². The highest BCUT2D eigenvalue weighted by molar-refractivity contribution is 6.33. The molecule has 6 heteroatoms. The minimum atomic E-state index is 0.0118. The van der Waals surface area contributed by atoms with Gasteiger partial charge in [-0.1, -0.05) is 30.7 Å². The average molecular weight is 408 g/mol. The summed E-state index contributed by atoms with van der Waals surface area (Å²) in [4.78, 5) is 14.9. The lowest BCUT2D eigenvalue weighted by Gasteiger charge is -2.22. The predicted molar refractivity (Wildman–Crippen MR) is 112 cm³/mol. The molecular formula is C23H22ClN3O2. The maximum absolute atomic E-state index is 13.1. The quantitative estimate of drug-likeness (QED) is 0.651. The van der Waals surface area contributed by atoms with Gasteiger partial charge in [-0.05, 0) is 54.3 Å². The van der Waals surface area contributed by atoms with Gasteiger partial charge in [0, 0.05) is 24.9 Å². The van der Waals surface area contributed by atoms with E-state index >= 15 is 0 Å². The second-order valence-electron chi connectivity index (χ2n) is 7.99. The van der Waals surface area contributed by atoms with Gasteiger partial charge in [0.15, 0.2) is 5.75 Å². The van der Waals surface area contributed by atoms with E-state index in [1.54, 1.807) is 6.20 Å². The van der Waals surface area contributed by atoms with E-state index in [9.17, 15) is 4.79 Å². The summed E-state index contributed by atoms with van der Waals surface area (Å²) in [6, 6.07) is 12.1. The van der Waals surface area contributed by atoms with Crippen molar-refractivity contribution in [3.63, 3.8) is 0 Å². The molecule has 0 unspecified atom stereocenters. The first-order valence-electron chi connectivity index (χ1n) is 9.88. The normalized spacial score (nSPS) is 20.4. The van der Waals surface area contributed by atoms with E-state index in [0.717, 1.165) is 28.9 Å². The molecule has 5 nitrogen and oxygen atoms in total. The van der Waals surface area contributed by atoms with Crippen molar-refractivity contribution < 1.29 is 9.53 Å². The van der Waals surface area contributed by atoms with E-state index in [1.807, 2.05) is 47.0 Å². The van der Waals surface area contributed by atoms with Crippen LogP contribution in [0.5, 0.6) is 5.75 Å². The van der Waals surface area contributed by atoms with E-state index in [-0.39, 0.29) is 12.0 Å². The zero-order valence-corrected chi connectivity index (χ0v) is 17.2. The highest BCUT2D eigenvalue weighted by Gasteiger charge is 2.40. The van der Waals surface area contributed by atoms with Gasteiger partial charge >= 0.3 is 0 Å². The summed E-state index contributed by atoms with van der Waals surface area (Å²) in [5.41, 5.74) is 4.76. The third kappa shape index (κ3) is 3.10. The summed E-state index contributed by atoms with van der Waals surface area (Å²) in [7, 11) is 0. The SMILES string of the molecule is Cc1c(Cc2ccc(-n3cccn3)cc2)cc2c(c1Cl)O[C@@H]1CN(C[C@@H]1C)C2=O. The van der Waals surface area contributed by atoms with Crippen LogP contribution in [0.2, 0.25) is 5.02 Å². The molecule has 2 atom stereocenters. The number of hydrogen-bond donors (Lipinski definition) is 0. The Labute approximate surface area is 174 Å².